The molecule has 0 amide bonds. The van der Waals surface area contributed by atoms with Crippen LogP contribution in [0.4, 0.5) is 0 Å². The van der Waals surface area contributed by atoms with Crippen molar-refractivity contribution in [1.29, 1.82) is 0 Å². The van der Waals surface area contributed by atoms with Gasteiger partial charge < -0.3 is 9.52 Å². The van der Waals surface area contributed by atoms with Gasteiger partial charge >= 0.3 is 5.97 Å². The number of thiophene rings is 1. The summed E-state index contributed by atoms with van der Waals surface area (Å²) in [6.07, 6.45) is 1.59. The van der Waals surface area contributed by atoms with Crippen molar-refractivity contribution in [2.24, 2.45) is 0 Å². The standard InChI is InChI=1S/C14H11NO3S2/c1-8-6-18-14(15-8)19-7-10-9-4-2-3-5-11(9)20-12(10)13(16)17/h2-6H,7H2,1H3,(H,16,17). The van der Waals surface area contributed by atoms with Crippen LogP contribution >= 0.6 is 23.1 Å². The summed E-state index contributed by atoms with van der Waals surface area (Å²) in [6.45, 7) is 1.86. The van der Waals surface area contributed by atoms with Gasteiger partial charge in [0, 0.05) is 10.5 Å². The van der Waals surface area contributed by atoms with Gasteiger partial charge in [0.25, 0.3) is 5.22 Å². The predicted molar refractivity (Wildman–Crippen MR) is 79.6 cm³/mol. The van der Waals surface area contributed by atoms with Gasteiger partial charge in [-0.1, -0.05) is 30.0 Å². The number of aromatic carboxylic acids is 1. The maximum absolute atomic E-state index is 11.4. The number of carboxylic acid groups (broad SMARTS) is 1. The lowest BCUT2D eigenvalue weighted by Crippen LogP contribution is -1.96. The van der Waals surface area contributed by atoms with Crippen LogP contribution in [-0.2, 0) is 5.75 Å². The summed E-state index contributed by atoms with van der Waals surface area (Å²) in [5, 5.41) is 10.9. The van der Waals surface area contributed by atoms with E-state index in [1.54, 1.807) is 6.26 Å². The van der Waals surface area contributed by atoms with Crippen LogP contribution in [0.15, 0.2) is 40.2 Å². The smallest absolute Gasteiger partial charge is 0.346 e. The second kappa shape index (κ2) is 5.30. The second-order valence-corrected chi connectivity index (χ2v) is 6.23. The number of thioether (sulfide) groups is 1. The number of carboxylic acids is 1. The van der Waals surface area contributed by atoms with Gasteiger partial charge in [-0.05, 0) is 23.9 Å². The first-order valence-corrected chi connectivity index (χ1v) is 7.74. The Balaban J connectivity index is 1.96. The van der Waals surface area contributed by atoms with Crippen LogP contribution in [-0.4, -0.2) is 16.1 Å². The highest BCUT2D eigenvalue weighted by Gasteiger charge is 2.18. The lowest BCUT2D eigenvalue weighted by molar-refractivity contribution is 0.0701. The maximum Gasteiger partial charge on any atom is 0.346 e. The Kier molecular flexibility index (Phi) is 3.50. The fourth-order valence-corrected chi connectivity index (χ4v) is 3.99. The molecule has 0 radical (unpaired) electrons. The van der Waals surface area contributed by atoms with Gasteiger partial charge in [-0.2, -0.15) is 0 Å². The number of oxazole rings is 1. The van der Waals surface area contributed by atoms with Crippen LogP contribution in [0.2, 0.25) is 0 Å². The van der Waals surface area contributed by atoms with Crippen molar-refractivity contribution in [3.05, 3.63) is 46.7 Å². The summed E-state index contributed by atoms with van der Waals surface area (Å²) in [5.41, 5.74) is 1.65. The number of hydrogen-bond donors (Lipinski definition) is 1. The Hall–Kier alpha value is -1.79. The normalized spacial score (nSPS) is 11.1. The first kappa shape index (κ1) is 13.2. The molecule has 0 atom stereocenters. The van der Waals surface area contributed by atoms with Crippen molar-refractivity contribution in [3.63, 3.8) is 0 Å². The van der Waals surface area contributed by atoms with Crippen LogP contribution < -0.4 is 0 Å². The van der Waals surface area contributed by atoms with E-state index in [0.29, 0.717) is 15.9 Å². The molecule has 0 fully saturated rings. The van der Waals surface area contributed by atoms with Crippen molar-refractivity contribution in [2.45, 2.75) is 17.9 Å². The van der Waals surface area contributed by atoms with Gasteiger partial charge in [0.1, 0.15) is 11.1 Å². The minimum absolute atomic E-state index is 0.391. The number of aromatic nitrogens is 1. The number of nitrogens with zero attached hydrogens (tertiary/aromatic N) is 1. The van der Waals surface area contributed by atoms with Crippen LogP contribution in [0.5, 0.6) is 0 Å². The van der Waals surface area contributed by atoms with Crippen LogP contribution in [0.25, 0.3) is 10.1 Å². The summed E-state index contributed by atoms with van der Waals surface area (Å²) in [7, 11) is 0. The summed E-state index contributed by atoms with van der Waals surface area (Å²) in [5.74, 6) is -0.351. The van der Waals surface area contributed by atoms with E-state index in [-0.39, 0.29) is 0 Å². The zero-order valence-electron chi connectivity index (χ0n) is 10.6. The topological polar surface area (TPSA) is 63.3 Å². The zero-order chi connectivity index (χ0) is 14.1. The molecule has 1 aromatic carbocycles. The Morgan fingerprint density at radius 3 is 2.95 bits per heavy atom. The summed E-state index contributed by atoms with van der Waals surface area (Å²) in [4.78, 5) is 16.0. The molecule has 0 aliphatic heterocycles. The predicted octanol–water partition coefficient (Wildman–Crippen LogP) is 4.19. The molecule has 0 unspecified atom stereocenters. The zero-order valence-corrected chi connectivity index (χ0v) is 12.3. The summed E-state index contributed by atoms with van der Waals surface area (Å²) < 4.78 is 6.27. The molecule has 4 nitrogen and oxygen atoms in total. The largest absolute Gasteiger partial charge is 0.477 e. The van der Waals surface area contributed by atoms with Crippen molar-refractivity contribution in [2.75, 3.05) is 0 Å². The van der Waals surface area contributed by atoms with Crippen molar-refractivity contribution < 1.29 is 14.3 Å². The molecule has 0 spiro atoms. The molecule has 0 aliphatic rings. The third-order valence-electron chi connectivity index (χ3n) is 2.83. The maximum atomic E-state index is 11.4. The van der Waals surface area contributed by atoms with Crippen LogP contribution in [0.3, 0.4) is 0 Å². The fraction of sp³-hybridized carbons (Fsp3) is 0.143. The molecule has 0 saturated carbocycles. The molecule has 102 valence electrons. The van der Waals surface area contributed by atoms with Crippen molar-refractivity contribution in [3.8, 4) is 0 Å². The van der Waals surface area contributed by atoms with E-state index in [1.807, 2.05) is 31.2 Å². The average Bonchev–Trinajstić information content (AvgIpc) is 3.00. The van der Waals surface area contributed by atoms with Crippen LogP contribution in [0.1, 0.15) is 20.9 Å². The highest BCUT2D eigenvalue weighted by atomic mass is 32.2. The minimum Gasteiger partial charge on any atom is -0.477 e. The first-order valence-electron chi connectivity index (χ1n) is 5.94. The van der Waals surface area contributed by atoms with Gasteiger partial charge in [-0.15, -0.1) is 11.3 Å². The quantitative estimate of drug-likeness (QED) is 0.732. The highest BCUT2D eigenvalue weighted by molar-refractivity contribution is 7.98. The van der Waals surface area contributed by atoms with E-state index in [4.69, 9.17) is 4.42 Å². The number of rotatable bonds is 4. The molecule has 3 rings (SSSR count). The van der Waals surface area contributed by atoms with Crippen molar-refractivity contribution in [1.82, 2.24) is 4.98 Å². The Morgan fingerprint density at radius 2 is 2.25 bits per heavy atom. The minimum atomic E-state index is -0.884. The Labute approximate surface area is 123 Å². The molecule has 20 heavy (non-hydrogen) atoms. The van der Waals surface area contributed by atoms with Gasteiger partial charge in [0.15, 0.2) is 0 Å². The molecular weight excluding hydrogens is 294 g/mol. The molecule has 3 aromatic rings. The Morgan fingerprint density at radius 1 is 1.45 bits per heavy atom. The van der Waals surface area contributed by atoms with E-state index in [1.165, 1.54) is 23.1 Å². The lowest BCUT2D eigenvalue weighted by atomic mass is 10.1. The number of aryl methyl sites for hydroxylation is 1. The molecule has 0 saturated heterocycles. The van der Waals surface area contributed by atoms with E-state index in [9.17, 15) is 9.90 Å². The van der Waals surface area contributed by atoms with E-state index in [2.05, 4.69) is 4.98 Å². The molecule has 2 heterocycles. The molecule has 0 bridgehead atoms. The highest BCUT2D eigenvalue weighted by Crippen LogP contribution is 2.35. The number of carbonyl (C=O) groups is 1. The molecule has 0 aliphatic carbocycles. The van der Waals surface area contributed by atoms with E-state index < -0.39 is 5.97 Å². The number of benzene rings is 1. The number of fused-ring (bicyclic) bond motifs is 1. The molecule has 1 N–H and O–H groups in total. The van der Waals surface area contributed by atoms with E-state index in [0.717, 1.165) is 21.3 Å². The lowest BCUT2D eigenvalue weighted by Gasteiger charge is -1.99. The van der Waals surface area contributed by atoms with Gasteiger partial charge in [-0.3, -0.25) is 0 Å². The first-order chi connectivity index (χ1) is 9.65. The Bertz CT molecular complexity index is 776. The molecular formula is C14H11NO3S2. The summed E-state index contributed by atoms with van der Waals surface area (Å²) >= 11 is 2.72. The monoisotopic (exact) mass is 305 g/mol. The molecule has 2 aromatic heterocycles. The van der Waals surface area contributed by atoms with Gasteiger partial charge in [0.05, 0.1) is 5.69 Å². The summed E-state index contributed by atoms with van der Waals surface area (Å²) in [6, 6.07) is 7.73. The molecule has 6 heteroatoms. The number of hydrogen-bond acceptors (Lipinski definition) is 5. The average molecular weight is 305 g/mol. The third-order valence-corrected chi connectivity index (χ3v) is 4.90. The van der Waals surface area contributed by atoms with Gasteiger partial charge in [-0.25, -0.2) is 9.78 Å². The van der Waals surface area contributed by atoms with Crippen molar-refractivity contribution >= 4 is 39.2 Å². The fourth-order valence-electron chi connectivity index (χ4n) is 1.95. The van der Waals surface area contributed by atoms with E-state index >= 15 is 0 Å². The third kappa shape index (κ3) is 2.44. The second-order valence-electron chi connectivity index (χ2n) is 4.25. The van der Waals surface area contributed by atoms with Gasteiger partial charge in [0.2, 0.25) is 0 Å². The van der Waals surface area contributed by atoms with Crippen LogP contribution in [0, 0.1) is 6.92 Å². The SMILES string of the molecule is Cc1coc(SCc2c(C(=O)O)sc3ccccc23)n1.